The molecule has 0 aromatic rings. The second-order valence-electron chi connectivity index (χ2n) is 0.196. The van der Waals surface area contributed by atoms with Crippen LogP contribution in [0.1, 0.15) is 0 Å². The van der Waals surface area contributed by atoms with Crippen molar-refractivity contribution in [3.63, 3.8) is 0 Å². The van der Waals surface area contributed by atoms with E-state index in [1.807, 2.05) is 0 Å². The van der Waals surface area contributed by atoms with Crippen molar-refractivity contribution in [1.82, 2.24) is 30.8 Å². The number of hydrogen-bond acceptors (Lipinski definition) is 7. The van der Waals surface area contributed by atoms with Crippen LogP contribution in [0.5, 0.6) is 0 Å². The van der Waals surface area contributed by atoms with Gasteiger partial charge in [-0.25, -0.2) is 0 Å². The van der Waals surface area contributed by atoms with Gasteiger partial charge in [0.1, 0.15) is 0 Å². The summed E-state index contributed by atoms with van der Waals surface area (Å²) in [5, 5.41) is 8.67. The van der Waals surface area contributed by atoms with Crippen LogP contribution in [0, 0.1) is 10.1 Å². The molecule has 0 rings (SSSR count). The van der Waals surface area contributed by atoms with Gasteiger partial charge in [0.05, 0.1) is 0 Å². The van der Waals surface area contributed by atoms with Crippen LogP contribution in [-0.2, 0) is 16.0 Å². The van der Waals surface area contributed by atoms with E-state index in [0.717, 1.165) is 0 Å². The Hall–Kier alpha value is -0.294. The molecule has 0 bridgehead atoms. The van der Waals surface area contributed by atoms with Crippen LogP contribution in [0.25, 0.3) is 0 Å². The van der Waals surface area contributed by atoms with Crippen molar-refractivity contribution in [2.75, 3.05) is 0 Å². The summed E-state index contributed by atoms with van der Waals surface area (Å²) in [6, 6.07) is 0. The summed E-state index contributed by atoms with van der Waals surface area (Å²) >= 11 is 2.73. The van der Waals surface area contributed by atoms with Crippen LogP contribution < -0.4 is 30.8 Å². The molecule has 66 valence electrons. The van der Waals surface area contributed by atoms with Crippen molar-refractivity contribution < 1.29 is 19.9 Å². The van der Waals surface area contributed by atoms with Crippen LogP contribution in [0.15, 0.2) is 0 Å². The predicted molar refractivity (Wildman–Crippen MR) is 32.1 cm³/mol. The van der Waals surface area contributed by atoms with E-state index in [1.54, 1.807) is 0 Å². The van der Waals surface area contributed by atoms with E-state index >= 15 is 0 Å². The standard InChI is InChI=1S/Co.NO2.5H3N/c;2-1-3;;;;;/h;;5*1H3. The topological polar surface area (TPSA) is 218 Å². The first kappa shape index (κ1) is 70.6. The molecule has 0 aliphatic heterocycles. The normalized spacial score (nSPS) is 2.89. The third kappa shape index (κ3) is 2910. The average Bonchev–Trinajstić information content (AvgIpc) is 0.811. The van der Waals surface area contributed by atoms with E-state index in [-0.39, 0.29) is 30.8 Å². The fourth-order valence-corrected chi connectivity index (χ4v) is 0. The second-order valence-corrected chi connectivity index (χ2v) is 0.576. The molecule has 0 atom stereocenters. The Kier molecular flexibility index (Phi) is 371. The molecule has 0 spiro atoms. The average molecular weight is 190 g/mol. The monoisotopic (exact) mass is 190 g/mol. The molecule has 0 amide bonds. The van der Waals surface area contributed by atoms with Crippen LogP contribution in [0.2, 0.25) is 0 Å². The van der Waals surface area contributed by atoms with E-state index in [1.165, 1.54) is 0 Å². The summed E-state index contributed by atoms with van der Waals surface area (Å²) in [5.74, 6) is 0. The van der Waals surface area contributed by atoms with Gasteiger partial charge in [0, 0.05) is 0 Å². The van der Waals surface area contributed by atoms with Gasteiger partial charge < -0.3 is 30.8 Å². The van der Waals surface area contributed by atoms with Crippen LogP contribution in [0.3, 0.4) is 0 Å². The summed E-state index contributed by atoms with van der Waals surface area (Å²) in [6.45, 7) is 0. The van der Waals surface area contributed by atoms with Crippen molar-refractivity contribution >= 4 is 0 Å². The number of rotatable bonds is 0. The zero-order valence-electron chi connectivity index (χ0n) is 5.13. The minimum atomic E-state index is -0.812. The fraction of sp³-hybridized carbons (Fsp3) is 0. The zero-order chi connectivity index (χ0) is 3.58. The first-order valence-corrected chi connectivity index (χ1v) is 0.980. The fourth-order valence-electron chi connectivity index (χ4n) is 0. The van der Waals surface area contributed by atoms with Crippen molar-refractivity contribution in [2.24, 2.45) is 0 Å². The third-order valence-corrected chi connectivity index (χ3v) is 0. The molecular formula is H15CoN6O2. The maximum atomic E-state index is 8.67. The Morgan fingerprint density at radius 2 is 1.00 bits per heavy atom. The van der Waals surface area contributed by atoms with Crippen LogP contribution in [0.4, 0.5) is 0 Å². The van der Waals surface area contributed by atoms with Gasteiger partial charge in [0.25, 0.3) is 0 Å². The Bertz CT molecular complexity index is 34.0. The SMILES string of the molecule is N.N.N.N.N.O=[N+]([O-])[Co]. The Morgan fingerprint density at radius 1 is 1.00 bits per heavy atom. The molecule has 0 saturated carbocycles. The van der Waals surface area contributed by atoms with Gasteiger partial charge in [-0.05, 0) is 0 Å². The summed E-state index contributed by atoms with van der Waals surface area (Å²) in [7, 11) is 0. The van der Waals surface area contributed by atoms with E-state index in [9.17, 15) is 0 Å². The van der Waals surface area contributed by atoms with Gasteiger partial charge in [-0.3, -0.25) is 0 Å². The summed E-state index contributed by atoms with van der Waals surface area (Å²) in [4.78, 5) is 8.67. The molecule has 0 saturated heterocycles. The molecule has 9 heteroatoms. The Morgan fingerprint density at radius 3 is 1.00 bits per heavy atom. The molecule has 15 N–H and O–H groups in total. The summed E-state index contributed by atoms with van der Waals surface area (Å²) in [5.41, 5.74) is 0. The van der Waals surface area contributed by atoms with E-state index in [2.05, 4.69) is 16.0 Å². The van der Waals surface area contributed by atoms with Crippen molar-refractivity contribution in [3.8, 4) is 0 Å². The molecule has 0 radical (unpaired) electrons. The Balaban J connectivity index is -0.00000000450. The Labute approximate surface area is 61.6 Å². The molecule has 8 nitrogen and oxygen atoms in total. The maximum absolute atomic E-state index is 8.67. The van der Waals surface area contributed by atoms with Gasteiger partial charge in [-0.2, -0.15) is 0 Å². The van der Waals surface area contributed by atoms with E-state index < -0.39 is 3.97 Å². The predicted octanol–water partition coefficient (Wildman–Crippen LogP) is 0.535. The number of nitro groups is 1. The molecule has 0 unspecified atom stereocenters. The third-order valence-electron chi connectivity index (χ3n) is 0. The quantitative estimate of drug-likeness (QED) is 0.269. The molecule has 0 fully saturated rings. The molecule has 0 aromatic carbocycles. The number of nitrogens with zero attached hydrogens (tertiary/aromatic N) is 1. The molecular weight excluding hydrogens is 175 g/mol. The van der Waals surface area contributed by atoms with Gasteiger partial charge in [-0.15, -0.1) is 0 Å². The molecule has 0 heterocycles. The van der Waals surface area contributed by atoms with Gasteiger partial charge >= 0.3 is 30.0 Å². The van der Waals surface area contributed by atoms with E-state index in [4.69, 9.17) is 10.1 Å². The first-order valence-electron chi connectivity index (χ1n) is 0.514. The van der Waals surface area contributed by atoms with Gasteiger partial charge in [-0.1, -0.05) is 0 Å². The van der Waals surface area contributed by atoms with Gasteiger partial charge in [0.2, 0.25) is 0 Å². The van der Waals surface area contributed by atoms with Crippen molar-refractivity contribution in [3.05, 3.63) is 10.1 Å². The van der Waals surface area contributed by atoms with Crippen LogP contribution in [-0.4, -0.2) is 3.97 Å². The minimum absolute atomic E-state index is 0. The van der Waals surface area contributed by atoms with Crippen molar-refractivity contribution in [1.29, 1.82) is 0 Å². The molecule has 0 aliphatic carbocycles. The van der Waals surface area contributed by atoms with Crippen LogP contribution >= 0.6 is 0 Å². The van der Waals surface area contributed by atoms with Gasteiger partial charge in [0.15, 0.2) is 0 Å². The molecule has 0 aromatic heterocycles. The summed E-state index contributed by atoms with van der Waals surface area (Å²) < 4.78 is -0.812. The summed E-state index contributed by atoms with van der Waals surface area (Å²) in [6.07, 6.45) is 0. The molecule has 0 aliphatic rings. The van der Waals surface area contributed by atoms with Crippen molar-refractivity contribution in [2.45, 2.75) is 0 Å². The first-order chi connectivity index (χ1) is 1.73. The molecule has 9 heavy (non-hydrogen) atoms. The second kappa shape index (κ2) is 47.3. The van der Waals surface area contributed by atoms with E-state index in [0.29, 0.717) is 0 Å². The zero-order valence-corrected chi connectivity index (χ0v) is 6.17. The number of hydrogen-bond donors (Lipinski definition) is 5.